The summed E-state index contributed by atoms with van der Waals surface area (Å²) in [5, 5.41) is 0. The summed E-state index contributed by atoms with van der Waals surface area (Å²) < 4.78 is 22.1. The lowest BCUT2D eigenvalue weighted by Gasteiger charge is -2.43. The van der Waals surface area contributed by atoms with E-state index in [-0.39, 0.29) is 5.91 Å². The van der Waals surface area contributed by atoms with Crippen molar-refractivity contribution in [3.63, 3.8) is 0 Å². The zero-order valence-corrected chi connectivity index (χ0v) is 13.7. The van der Waals surface area contributed by atoms with Gasteiger partial charge in [-0.1, -0.05) is 0 Å². The first kappa shape index (κ1) is 16.1. The number of piperidine rings is 1. The molecule has 0 atom stereocenters. The number of hydrogen-bond acceptors (Lipinski definition) is 5. The molecule has 3 rings (SSSR count). The highest BCUT2D eigenvalue weighted by Crippen LogP contribution is 2.32. The van der Waals surface area contributed by atoms with Crippen LogP contribution in [0.5, 0.6) is 11.5 Å². The second-order valence-electron chi connectivity index (χ2n) is 5.82. The van der Waals surface area contributed by atoms with E-state index in [4.69, 9.17) is 18.9 Å². The van der Waals surface area contributed by atoms with Crippen LogP contribution in [0.1, 0.15) is 29.6 Å². The number of methoxy groups -OCH3 is 2. The minimum atomic E-state index is -0.480. The van der Waals surface area contributed by atoms with E-state index in [2.05, 4.69) is 0 Å². The molecule has 23 heavy (non-hydrogen) atoms. The van der Waals surface area contributed by atoms with Crippen LogP contribution in [0.25, 0.3) is 0 Å². The number of hydrogen-bond donors (Lipinski definition) is 0. The lowest BCUT2D eigenvalue weighted by Crippen LogP contribution is -2.51. The number of rotatable bonds is 3. The zero-order valence-electron chi connectivity index (χ0n) is 13.7. The van der Waals surface area contributed by atoms with Gasteiger partial charge in [-0.3, -0.25) is 4.79 Å². The number of likely N-dealkylation sites (tertiary alicyclic amines) is 1. The fourth-order valence-corrected chi connectivity index (χ4v) is 3.11. The van der Waals surface area contributed by atoms with Crippen LogP contribution >= 0.6 is 0 Å². The van der Waals surface area contributed by atoms with Gasteiger partial charge in [0.2, 0.25) is 0 Å². The van der Waals surface area contributed by atoms with Gasteiger partial charge in [-0.2, -0.15) is 0 Å². The first-order valence-electron chi connectivity index (χ1n) is 7.97. The molecule has 126 valence electrons. The molecule has 0 N–H and O–H groups in total. The van der Waals surface area contributed by atoms with Crippen molar-refractivity contribution in [3.8, 4) is 11.5 Å². The molecule has 1 aromatic rings. The maximum atomic E-state index is 12.7. The molecule has 0 aliphatic carbocycles. The van der Waals surface area contributed by atoms with Crippen molar-refractivity contribution >= 4 is 5.91 Å². The summed E-state index contributed by atoms with van der Waals surface area (Å²) >= 11 is 0. The lowest BCUT2D eigenvalue weighted by molar-refractivity contribution is -0.281. The van der Waals surface area contributed by atoms with Crippen LogP contribution < -0.4 is 9.47 Å². The first-order chi connectivity index (χ1) is 11.2. The Morgan fingerprint density at radius 3 is 2.35 bits per heavy atom. The van der Waals surface area contributed by atoms with Crippen LogP contribution in [0.15, 0.2) is 18.2 Å². The molecule has 6 nitrogen and oxygen atoms in total. The number of carbonyl (C=O) groups is 1. The van der Waals surface area contributed by atoms with E-state index in [0.717, 1.165) is 19.6 Å². The van der Waals surface area contributed by atoms with E-state index in [1.807, 2.05) is 4.90 Å². The second kappa shape index (κ2) is 6.76. The summed E-state index contributed by atoms with van der Waals surface area (Å²) in [5.41, 5.74) is 0.601. The summed E-state index contributed by atoms with van der Waals surface area (Å²) in [7, 11) is 3.14. The van der Waals surface area contributed by atoms with Crippen molar-refractivity contribution in [2.75, 3.05) is 40.5 Å². The number of amides is 1. The van der Waals surface area contributed by atoms with E-state index in [9.17, 15) is 4.79 Å². The predicted molar refractivity (Wildman–Crippen MR) is 83.9 cm³/mol. The number of carbonyl (C=O) groups excluding carboxylic acids is 1. The minimum Gasteiger partial charge on any atom is -0.493 e. The lowest BCUT2D eigenvalue weighted by atomic mass is 10.0. The highest BCUT2D eigenvalue weighted by molar-refractivity contribution is 5.95. The molecule has 0 aromatic heterocycles. The van der Waals surface area contributed by atoms with Crippen LogP contribution in [0.2, 0.25) is 0 Å². The van der Waals surface area contributed by atoms with E-state index in [0.29, 0.717) is 43.0 Å². The van der Waals surface area contributed by atoms with Crippen molar-refractivity contribution in [3.05, 3.63) is 23.8 Å². The Kier molecular flexibility index (Phi) is 4.73. The quantitative estimate of drug-likeness (QED) is 0.853. The average molecular weight is 321 g/mol. The third kappa shape index (κ3) is 3.28. The molecule has 6 heteroatoms. The fraction of sp³-hybridized carbons (Fsp3) is 0.588. The zero-order chi connectivity index (χ0) is 16.3. The largest absolute Gasteiger partial charge is 0.493 e. The summed E-state index contributed by atoms with van der Waals surface area (Å²) in [4.78, 5) is 14.5. The molecule has 1 amide bonds. The Morgan fingerprint density at radius 1 is 1.09 bits per heavy atom. The second-order valence-corrected chi connectivity index (χ2v) is 5.82. The maximum Gasteiger partial charge on any atom is 0.253 e. The van der Waals surface area contributed by atoms with Gasteiger partial charge in [-0.05, 0) is 24.6 Å². The van der Waals surface area contributed by atoms with Gasteiger partial charge in [-0.25, -0.2) is 0 Å². The summed E-state index contributed by atoms with van der Waals surface area (Å²) in [6.07, 6.45) is 2.37. The van der Waals surface area contributed by atoms with E-state index < -0.39 is 5.79 Å². The van der Waals surface area contributed by atoms with Gasteiger partial charge in [0.05, 0.1) is 27.4 Å². The molecule has 2 fully saturated rings. The summed E-state index contributed by atoms with van der Waals surface area (Å²) in [6.45, 7) is 2.74. The van der Waals surface area contributed by atoms with E-state index in [1.54, 1.807) is 32.4 Å². The molecule has 0 bridgehead atoms. The molecule has 1 aromatic carbocycles. The summed E-state index contributed by atoms with van der Waals surface area (Å²) in [5.74, 6) is 0.695. The highest BCUT2D eigenvalue weighted by atomic mass is 16.7. The normalized spacial score (nSPS) is 20.3. The van der Waals surface area contributed by atoms with Gasteiger partial charge in [0.15, 0.2) is 17.3 Å². The molecule has 2 saturated heterocycles. The monoisotopic (exact) mass is 321 g/mol. The Hall–Kier alpha value is -1.79. The number of nitrogens with zero attached hydrogens (tertiary/aromatic N) is 1. The Bertz CT molecular complexity index is 558. The van der Waals surface area contributed by atoms with Gasteiger partial charge in [0.25, 0.3) is 5.91 Å². The maximum absolute atomic E-state index is 12.7. The third-order valence-electron chi connectivity index (χ3n) is 4.46. The highest BCUT2D eigenvalue weighted by Gasteiger charge is 2.39. The number of benzene rings is 1. The molecule has 2 aliphatic heterocycles. The Labute approximate surface area is 136 Å². The van der Waals surface area contributed by atoms with Crippen LogP contribution in [-0.2, 0) is 9.47 Å². The minimum absolute atomic E-state index is 0.00314. The molecule has 0 unspecified atom stereocenters. The number of ether oxygens (including phenoxy) is 4. The van der Waals surface area contributed by atoms with Gasteiger partial charge in [-0.15, -0.1) is 0 Å². The van der Waals surface area contributed by atoms with Crippen LogP contribution in [0, 0.1) is 0 Å². The molecule has 0 radical (unpaired) electrons. The van der Waals surface area contributed by atoms with Crippen LogP contribution in [0.4, 0.5) is 0 Å². The van der Waals surface area contributed by atoms with Gasteiger partial charge in [0, 0.05) is 31.5 Å². The van der Waals surface area contributed by atoms with Crippen molar-refractivity contribution in [2.24, 2.45) is 0 Å². The van der Waals surface area contributed by atoms with E-state index in [1.165, 1.54) is 0 Å². The molecule has 2 heterocycles. The van der Waals surface area contributed by atoms with Crippen LogP contribution in [0.3, 0.4) is 0 Å². The van der Waals surface area contributed by atoms with Crippen LogP contribution in [-0.4, -0.2) is 57.1 Å². The molecular weight excluding hydrogens is 298 g/mol. The van der Waals surface area contributed by atoms with Crippen molar-refractivity contribution in [1.29, 1.82) is 0 Å². The predicted octanol–water partition coefficient (Wildman–Crippen LogP) is 2.07. The third-order valence-corrected chi connectivity index (χ3v) is 4.46. The van der Waals surface area contributed by atoms with Crippen molar-refractivity contribution in [2.45, 2.75) is 25.0 Å². The van der Waals surface area contributed by atoms with Gasteiger partial charge in [0.1, 0.15) is 0 Å². The summed E-state index contributed by atoms with van der Waals surface area (Å²) in [6, 6.07) is 5.24. The molecule has 2 aliphatic rings. The molecule has 1 spiro atoms. The average Bonchev–Trinajstić information content (AvgIpc) is 2.62. The molecular formula is C17H23NO5. The van der Waals surface area contributed by atoms with Gasteiger partial charge < -0.3 is 23.8 Å². The van der Waals surface area contributed by atoms with Crippen molar-refractivity contribution in [1.82, 2.24) is 4.90 Å². The van der Waals surface area contributed by atoms with E-state index >= 15 is 0 Å². The smallest absolute Gasteiger partial charge is 0.253 e. The first-order valence-corrected chi connectivity index (χ1v) is 7.97. The Balaban J connectivity index is 1.67. The SMILES string of the molecule is COc1ccc(C(=O)N2CCC3(CC2)OCCCO3)cc1OC. The van der Waals surface area contributed by atoms with Crippen molar-refractivity contribution < 1.29 is 23.7 Å². The topological polar surface area (TPSA) is 57.2 Å². The molecule has 0 saturated carbocycles. The standard InChI is InChI=1S/C17H23NO5/c1-20-14-5-4-13(12-15(14)21-2)16(19)18-8-6-17(7-9-18)22-10-3-11-23-17/h4-5,12H,3,6-11H2,1-2H3. The van der Waals surface area contributed by atoms with Gasteiger partial charge >= 0.3 is 0 Å². The fourth-order valence-electron chi connectivity index (χ4n) is 3.11. The Morgan fingerprint density at radius 2 is 1.74 bits per heavy atom.